The largest absolute Gasteiger partial charge is 0.457 e. The maximum atomic E-state index is 13.5. The van der Waals surface area contributed by atoms with Crippen LogP contribution in [0.5, 0.6) is 11.5 Å². The Morgan fingerprint density at radius 2 is 1.92 bits per heavy atom. The van der Waals surface area contributed by atoms with Crippen LogP contribution in [0.3, 0.4) is 0 Å². The molecular formula is C28H32N6O4. The molecule has 1 aromatic heterocycles. The predicted molar refractivity (Wildman–Crippen MR) is 139 cm³/mol. The predicted octanol–water partition coefficient (Wildman–Crippen LogP) is 2.52. The van der Waals surface area contributed by atoms with Crippen LogP contribution in [-0.4, -0.2) is 44.6 Å². The highest BCUT2D eigenvalue weighted by atomic mass is 16.5. The zero-order chi connectivity index (χ0) is 26.6. The molecule has 4 bridgehead atoms. The fraction of sp³-hybridized carbons (Fsp3) is 0.393. The number of hydrogen-bond acceptors (Lipinski definition) is 6. The number of nitrogens with zero attached hydrogens (tertiary/aromatic N) is 3. The zero-order valence-corrected chi connectivity index (χ0v) is 21.6. The van der Waals surface area contributed by atoms with Gasteiger partial charge in [0.15, 0.2) is 5.82 Å². The van der Waals surface area contributed by atoms with Crippen molar-refractivity contribution in [1.82, 2.24) is 30.7 Å². The van der Waals surface area contributed by atoms with E-state index in [1.165, 1.54) is 0 Å². The molecule has 0 aliphatic carbocycles. The van der Waals surface area contributed by atoms with Crippen molar-refractivity contribution in [3.05, 3.63) is 71.3 Å². The molecule has 0 spiro atoms. The van der Waals surface area contributed by atoms with E-state index in [0.29, 0.717) is 29.3 Å². The Morgan fingerprint density at radius 1 is 1.11 bits per heavy atom. The lowest BCUT2D eigenvalue weighted by Gasteiger charge is -2.24. The summed E-state index contributed by atoms with van der Waals surface area (Å²) in [5.74, 6) is 1.75. The summed E-state index contributed by atoms with van der Waals surface area (Å²) in [4.78, 5) is 39.9. The van der Waals surface area contributed by atoms with Crippen LogP contribution in [0.2, 0.25) is 0 Å². The van der Waals surface area contributed by atoms with Gasteiger partial charge in [-0.2, -0.15) is 0 Å². The fourth-order valence-electron chi connectivity index (χ4n) is 4.82. The van der Waals surface area contributed by atoms with Gasteiger partial charge in [-0.25, -0.2) is 0 Å². The molecule has 0 saturated heterocycles. The second-order valence-electron chi connectivity index (χ2n) is 10.2. The number of hydrogen-bond donors (Lipinski definition) is 3. The second kappa shape index (κ2) is 11.0. The van der Waals surface area contributed by atoms with Crippen molar-refractivity contribution in [3.63, 3.8) is 0 Å². The SMILES string of the molecule is CC(C)C[C@@H]1NC(=O)c2cccc(c2)Oc2ccc(cc2)C[C@@H](C(=O)NCc2nnc3n2CCC3)NC1=O. The first kappa shape index (κ1) is 25.4. The van der Waals surface area contributed by atoms with Crippen molar-refractivity contribution in [1.29, 1.82) is 0 Å². The minimum absolute atomic E-state index is 0.136. The van der Waals surface area contributed by atoms with Crippen molar-refractivity contribution < 1.29 is 19.1 Å². The number of fused-ring (bicyclic) bond motifs is 9. The highest BCUT2D eigenvalue weighted by Gasteiger charge is 2.29. The molecule has 10 heteroatoms. The van der Waals surface area contributed by atoms with E-state index in [2.05, 4.69) is 26.1 Å². The molecule has 3 N–H and O–H groups in total. The molecule has 0 fully saturated rings. The van der Waals surface area contributed by atoms with Crippen molar-refractivity contribution in [3.8, 4) is 11.5 Å². The molecule has 38 heavy (non-hydrogen) atoms. The normalized spacial score (nSPS) is 19.1. The summed E-state index contributed by atoms with van der Waals surface area (Å²) in [6.07, 6.45) is 2.58. The van der Waals surface area contributed by atoms with E-state index in [9.17, 15) is 14.4 Å². The average molecular weight is 517 g/mol. The Bertz CT molecular complexity index is 1330. The number of benzene rings is 2. The molecule has 198 valence electrons. The minimum atomic E-state index is -0.854. The van der Waals surface area contributed by atoms with Crippen molar-refractivity contribution in [2.24, 2.45) is 5.92 Å². The van der Waals surface area contributed by atoms with Crippen LogP contribution < -0.4 is 20.7 Å². The van der Waals surface area contributed by atoms with Gasteiger partial charge in [0.05, 0.1) is 6.54 Å². The lowest BCUT2D eigenvalue weighted by molar-refractivity contribution is -0.130. The molecule has 2 atom stereocenters. The number of aromatic nitrogens is 3. The number of carbonyl (C=O) groups excluding carboxylic acids is 3. The first-order valence-corrected chi connectivity index (χ1v) is 13.0. The van der Waals surface area contributed by atoms with Gasteiger partial charge in [0.1, 0.15) is 29.4 Å². The molecule has 3 aliphatic rings. The molecule has 10 nitrogen and oxygen atoms in total. The van der Waals surface area contributed by atoms with E-state index in [4.69, 9.17) is 4.74 Å². The highest BCUT2D eigenvalue weighted by molar-refractivity contribution is 5.98. The first-order valence-electron chi connectivity index (χ1n) is 13.0. The first-order chi connectivity index (χ1) is 18.4. The van der Waals surface area contributed by atoms with Crippen molar-refractivity contribution >= 4 is 17.7 Å². The maximum Gasteiger partial charge on any atom is 0.252 e. The lowest BCUT2D eigenvalue weighted by atomic mass is 10.0. The van der Waals surface area contributed by atoms with E-state index in [0.717, 1.165) is 30.8 Å². The molecule has 6 rings (SSSR count). The van der Waals surface area contributed by atoms with Crippen LogP contribution in [0.15, 0.2) is 48.5 Å². The number of nitrogens with one attached hydrogen (secondary N) is 3. The molecule has 0 unspecified atom stereocenters. The van der Waals surface area contributed by atoms with Gasteiger partial charge in [-0.05, 0) is 54.7 Å². The van der Waals surface area contributed by atoms with Crippen LogP contribution in [0.1, 0.15) is 54.3 Å². The number of ether oxygens (including phenoxy) is 1. The lowest BCUT2D eigenvalue weighted by Crippen LogP contribution is -2.54. The van der Waals surface area contributed by atoms with Crippen molar-refractivity contribution in [2.45, 2.75) is 64.7 Å². The van der Waals surface area contributed by atoms with Gasteiger partial charge in [0.2, 0.25) is 11.8 Å². The molecule has 3 amide bonds. The highest BCUT2D eigenvalue weighted by Crippen LogP contribution is 2.24. The third kappa shape index (κ3) is 5.85. The Balaban J connectivity index is 1.40. The van der Waals surface area contributed by atoms with Gasteiger partial charge in [-0.3, -0.25) is 14.4 Å². The van der Waals surface area contributed by atoms with E-state index >= 15 is 0 Å². The number of amides is 3. The monoisotopic (exact) mass is 516 g/mol. The molecule has 2 aromatic carbocycles. The van der Waals surface area contributed by atoms with E-state index < -0.39 is 18.0 Å². The van der Waals surface area contributed by atoms with Crippen LogP contribution in [0.4, 0.5) is 0 Å². The smallest absolute Gasteiger partial charge is 0.252 e. The van der Waals surface area contributed by atoms with Crippen molar-refractivity contribution in [2.75, 3.05) is 0 Å². The van der Waals surface area contributed by atoms with E-state index in [1.807, 2.05) is 30.5 Å². The summed E-state index contributed by atoms with van der Waals surface area (Å²) in [7, 11) is 0. The quantitative estimate of drug-likeness (QED) is 0.478. The summed E-state index contributed by atoms with van der Waals surface area (Å²) in [6, 6.07) is 12.5. The summed E-state index contributed by atoms with van der Waals surface area (Å²) in [5.41, 5.74) is 1.24. The number of carbonyl (C=O) groups is 3. The van der Waals surface area contributed by atoms with Crippen LogP contribution >= 0.6 is 0 Å². The van der Waals surface area contributed by atoms with E-state index in [1.54, 1.807) is 36.4 Å². The summed E-state index contributed by atoms with van der Waals surface area (Å²) in [5, 5.41) is 17.1. The summed E-state index contributed by atoms with van der Waals surface area (Å²) >= 11 is 0. The molecule has 4 heterocycles. The second-order valence-corrected chi connectivity index (χ2v) is 10.2. The molecule has 0 radical (unpaired) electrons. The molecule has 0 saturated carbocycles. The van der Waals surface area contributed by atoms with E-state index in [-0.39, 0.29) is 30.7 Å². The average Bonchev–Trinajstić information content (AvgIpc) is 3.51. The Labute approximate surface area is 221 Å². The third-order valence-electron chi connectivity index (χ3n) is 6.76. The Kier molecular flexibility index (Phi) is 7.39. The Hall–Kier alpha value is -4.21. The van der Waals surface area contributed by atoms with Gasteiger partial charge in [-0.15, -0.1) is 10.2 Å². The fourth-order valence-corrected chi connectivity index (χ4v) is 4.82. The van der Waals surface area contributed by atoms with Crippen LogP contribution in [-0.2, 0) is 35.5 Å². The van der Waals surface area contributed by atoms with Gasteiger partial charge in [0, 0.05) is 24.9 Å². The standard InChI is InChI=1S/C28H32N6O4/c1-17(2)13-22-28(37)31-23(27(36)29-16-25-33-32-24-7-4-12-34(24)25)14-18-8-10-20(11-9-18)38-21-6-3-5-19(15-21)26(35)30-22/h3,5-6,8-11,15,17,22-23H,4,7,12-14,16H2,1-2H3,(H,29,36)(H,30,35)(H,31,37)/t22-,23-/m0/s1. The third-order valence-corrected chi connectivity index (χ3v) is 6.76. The maximum absolute atomic E-state index is 13.5. The molecule has 3 aliphatic heterocycles. The van der Waals surface area contributed by atoms with Gasteiger partial charge >= 0.3 is 0 Å². The van der Waals surface area contributed by atoms with Gasteiger partial charge in [0.25, 0.3) is 5.91 Å². The minimum Gasteiger partial charge on any atom is -0.457 e. The Morgan fingerprint density at radius 3 is 2.71 bits per heavy atom. The van der Waals surface area contributed by atoms with Crippen LogP contribution in [0, 0.1) is 5.92 Å². The zero-order valence-electron chi connectivity index (χ0n) is 21.6. The van der Waals surface area contributed by atoms with Gasteiger partial charge < -0.3 is 25.3 Å². The molecule has 3 aromatic rings. The number of rotatable bonds is 5. The summed E-state index contributed by atoms with van der Waals surface area (Å²) < 4.78 is 7.97. The number of aryl methyl sites for hydroxylation is 1. The van der Waals surface area contributed by atoms with Crippen LogP contribution in [0.25, 0.3) is 0 Å². The molecular weight excluding hydrogens is 484 g/mol. The summed E-state index contributed by atoms with van der Waals surface area (Å²) in [6.45, 7) is 5.01. The van der Waals surface area contributed by atoms with Gasteiger partial charge in [-0.1, -0.05) is 32.0 Å². The topological polar surface area (TPSA) is 127 Å².